The van der Waals surface area contributed by atoms with Crippen molar-refractivity contribution in [2.24, 2.45) is 0 Å². The van der Waals surface area contributed by atoms with Crippen LogP contribution in [0.5, 0.6) is 23.0 Å². The number of nitrogens with zero attached hydrogens (tertiary/aromatic N) is 2. The van der Waals surface area contributed by atoms with Crippen LogP contribution in [-0.4, -0.2) is 49.9 Å². The molecular formula is C26H26N2O8. The van der Waals surface area contributed by atoms with Crippen molar-refractivity contribution in [3.8, 4) is 23.0 Å². The first kappa shape index (κ1) is 24.6. The third-order valence-corrected chi connectivity index (χ3v) is 5.77. The van der Waals surface area contributed by atoms with Gasteiger partial charge in [-0.2, -0.15) is 0 Å². The number of ether oxygens (including phenoxy) is 4. The zero-order valence-electron chi connectivity index (χ0n) is 20.5. The first-order valence-corrected chi connectivity index (χ1v) is 11.1. The summed E-state index contributed by atoms with van der Waals surface area (Å²) >= 11 is 0. The summed E-state index contributed by atoms with van der Waals surface area (Å²) in [6.45, 7) is 3.94. The van der Waals surface area contributed by atoms with E-state index in [0.29, 0.717) is 40.9 Å². The Morgan fingerprint density at radius 1 is 0.972 bits per heavy atom. The minimum Gasteiger partial charge on any atom is -0.507 e. The molecule has 1 amide bonds. The molecule has 0 bridgehead atoms. The molecule has 1 aliphatic rings. The van der Waals surface area contributed by atoms with Gasteiger partial charge in [-0.25, -0.2) is 0 Å². The molecule has 4 rings (SSSR count). The van der Waals surface area contributed by atoms with Gasteiger partial charge in [-0.15, -0.1) is 0 Å². The average Bonchev–Trinajstić information content (AvgIpc) is 3.43. The van der Waals surface area contributed by atoms with Gasteiger partial charge in [0.15, 0.2) is 28.8 Å². The predicted molar refractivity (Wildman–Crippen MR) is 130 cm³/mol. The molecule has 0 radical (unpaired) electrons. The van der Waals surface area contributed by atoms with E-state index in [9.17, 15) is 14.7 Å². The maximum atomic E-state index is 13.3. The molecule has 1 aromatic heterocycles. The van der Waals surface area contributed by atoms with E-state index >= 15 is 0 Å². The van der Waals surface area contributed by atoms with Gasteiger partial charge in [0.1, 0.15) is 11.5 Å². The van der Waals surface area contributed by atoms with E-state index in [1.807, 2.05) is 6.92 Å². The fourth-order valence-electron chi connectivity index (χ4n) is 4.12. The van der Waals surface area contributed by atoms with Crippen molar-refractivity contribution in [2.75, 3.05) is 32.8 Å². The van der Waals surface area contributed by atoms with Gasteiger partial charge in [-0.05, 0) is 49.7 Å². The van der Waals surface area contributed by atoms with Gasteiger partial charge in [-0.1, -0.05) is 11.2 Å². The summed E-state index contributed by atoms with van der Waals surface area (Å²) in [4.78, 5) is 27.8. The molecule has 1 atom stereocenters. The topological polar surface area (TPSA) is 121 Å². The quantitative estimate of drug-likeness (QED) is 0.281. The number of Topliss-reactive ketones (excluding diaryl/α,β-unsaturated/α-hetero) is 1. The highest BCUT2D eigenvalue weighted by Gasteiger charge is 2.48. The number of aliphatic hydroxyl groups is 1. The maximum absolute atomic E-state index is 13.3. The number of hydrogen-bond donors (Lipinski definition) is 1. The van der Waals surface area contributed by atoms with E-state index in [0.717, 1.165) is 0 Å². The molecule has 10 heteroatoms. The molecule has 0 spiro atoms. The Morgan fingerprint density at radius 2 is 1.64 bits per heavy atom. The molecule has 1 fully saturated rings. The van der Waals surface area contributed by atoms with Crippen molar-refractivity contribution in [1.82, 2.24) is 5.16 Å². The highest BCUT2D eigenvalue weighted by Crippen LogP contribution is 2.44. The van der Waals surface area contributed by atoms with Crippen molar-refractivity contribution in [1.29, 1.82) is 0 Å². The van der Waals surface area contributed by atoms with E-state index in [1.165, 1.54) is 32.3 Å². The van der Waals surface area contributed by atoms with Crippen LogP contribution in [0.15, 0.2) is 52.6 Å². The lowest BCUT2D eigenvalue weighted by molar-refractivity contribution is -0.132. The highest BCUT2D eigenvalue weighted by atomic mass is 16.5. The Bertz CT molecular complexity index is 1340. The third kappa shape index (κ3) is 4.21. The Kier molecular flexibility index (Phi) is 6.86. The first-order valence-electron chi connectivity index (χ1n) is 11.1. The first-order chi connectivity index (χ1) is 17.3. The van der Waals surface area contributed by atoms with E-state index < -0.39 is 17.7 Å². The summed E-state index contributed by atoms with van der Waals surface area (Å²) in [5.74, 6) is 0.176. The van der Waals surface area contributed by atoms with Crippen molar-refractivity contribution < 1.29 is 38.2 Å². The number of ketones is 1. The van der Waals surface area contributed by atoms with Crippen LogP contribution < -0.4 is 23.8 Å². The van der Waals surface area contributed by atoms with Crippen LogP contribution in [0.25, 0.3) is 5.76 Å². The fourth-order valence-corrected chi connectivity index (χ4v) is 4.12. The molecule has 3 aromatic rings. The van der Waals surface area contributed by atoms with Gasteiger partial charge >= 0.3 is 5.91 Å². The lowest BCUT2D eigenvalue weighted by atomic mass is 9.95. The number of anilines is 1. The molecule has 0 unspecified atom stereocenters. The smallest absolute Gasteiger partial charge is 0.301 e. The summed E-state index contributed by atoms with van der Waals surface area (Å²) in [5.41, 5.74) is 0.640. The van der Waals surface area contributed by atoms with E-state index in [4.69, 9.17) is 23.5 Å². The summed E-state index contributed by atoms with van der Waals surface area (Å²) in [6, 6.07) is 10.3. The number of aromatic nitrogens is 1. The third-order valence-electron chi connectivity index (χ3n) is 5.77. The molecule has 0 saturated carbocycles. The van der Waals surface area contributed by atoms with E-state index in [2.05, 4.69) is 5.16 Å². The monoisotopic (exact) mass is 494 g/mol. The molecule has 2 aromatic carbocycles. The van der Waals surface area contributed by atoms with Crippen molar-refractivity contribution >= 4 is 23.3 Å². The normalized spacial score (nSPS) is 16.8. The molecular weight excluding hydrogens is 468 g/mol. The van der Waals surface area contributed by atoms with Crippen LogP contribution in [0.3, 0.4) is 0 Å². The van der Waals surface area contributed by atoms with Crippen LogP contribution in [0.4, 0.5) is 5.82 Å². The SMILES string of the molecule is CCOc1ccc([C@@H]2/C(=C(\O)c3ccc(OC)c(OC)c3)C(=O)C(=O)N2c2cc(C)on2)cc1OC. The van der Waals surface area contributed by atoms with Crippen LogP contribution in [0.1, 0.15) is 29.9 Å². The Morgan fingerprint density at radius 3 is 2.25 bits per heavy atom. The second-order valence-corrected chi connectivity index (χ2v) is 7.88. The Hall–Kier alpha value is -4.47. The molecule has 2 heterocycles. The predicted octanol–water partition coefficient (Wildman–Crippen LogP) is 4.03. The maximum Gasteiger partial charge on any atom is 0.301 e. The Balaban J connectivity index is 1.94. The lowest BCUT2D eigenvalue weighted by Crippen LogP contribution is -2.29. The molecule has 1 saturated heterocycles. The van der Waals surface area contributed by atoms with Crippen LogP contribution in [0, 0.1) is 6.92 Å². The number of carbonyl (C=O) groups excluding carboxylic acids is 2. The second-order valence-electron chi connectivity index (χ2n) is 7.88. The molecule has 1 N–H and O–H groups in total. The minimum absolute atomic E-state index is 0.126. The van der Waals surface area contributed by atoms with Crippen LogP contribution >= 0.6 is 0 Å². The number of rotatable bonds is 8. The fraction of sp³-hybridized carbons (Fsp3) is 0.269. The Labute approximate surface area is 207 Å². The molecule has 188 valence electrons. The standard InChI is InChI=1S/C26H26N2O8/c1-6-35-18-10-7-15(12-20(18)34-5)23-22(24(29)16-8-9-17(32-3)19(13-16)33-4)25(30)26(31)28(23)21-11-14(2)36-27-21/h7-13,23,29H,6H2,1-5H3/b24-22+/t23-/m1/s1. The largest absolute Gasteiger partial charge is 0.507 e. The van der Waals surface area contributed by atoms with Crippen molar-refractivity contribution in [3.63, 3.8) is 0 Å². The molecule has 36 heavy (non-hydrogen) atoms. The zero-order chi connectivity index (χ0) is 26.0. The lowest BCUT2D eigenvalue weighted by Gasteiger charge is -2.24. The molecule has 10 nitrogen and oxygen atoms in total. The number of methoxy groups -OCH3 is 3. The average molecular weight is 495 g/mol. The van der Waals surface area contributed by atoms with E-state index in [-0.39, 0.29) is 22.7 Å². The van der Waals surface area contributed by atoms with Gasteiger partial charge in [0.25, 0.3) is 5.78 Å². The molecule has 0 aliphatic carbocycles. The number of benzene rings is 2. The summed E-state index contributed by atoms with van der Waals surface area (Å²) in [5, 5.41) is 15.3. The molecule has 1 aliphatic heterocycles. The number of hydrogen-bond acceptors (Lipinski definition) is 9. The highest BCUT2D eigenvalue weighted by molar-refractivity contribution is 6.51. The van der Waals surface area contributed by atoms with E-state index in [1.54, 1.807) is 43.3 Å². The van der Waals surface area contributed by atoms with Crippen molar-refractivity contribution in [2.45, 2.75) is 19.9 Å². The van der Waals surface area contributed by atoms with Gasteiger partial charge in [0.2, 0.25) is 0 Å². The number of amides is 1. The number of carbonyl (C=O) groups is 2. The summed E-state index contributed by atoms with van der Waals surface area (Å²) < 4.78 is 26.8. The minimum atomic E-state index is -1.02. The van der Waals surface area contributed by atoms with Crippen molar-refractivity contribution in [3.05, 3.63) is 64.9 Å². The van der Waals surface area contributed by atoms with Gasteiger partial charge < -0.3 is 28.6 Å². The van der Waals surface area contributed by atoms with Crippen LogP contribution in [0.2, 0.25) is 0 Å². The number of aliphatic hydroxyl groups excluding tert-OH is 1. The van der Waals surface area contributed by atoms with Gasteiger partial charge in [0, 0.05) is 11.6 Å². The summed E-state index contributed by atoms with van der Waals surface area (Å²) in [6.07, 6.45) is 0. The van der Waals surface area contributed by atoms with Gasteiger partial charge in [-0.3, -0.25) is 14.5 Å². The van der Waals surface area contributed by atoms with Crippen LogP contribution in [-0.2, 0) is 9.59 Å². The zero-order valence-corrected chi connectivity index (χ0v) is 20.5. The van der Waals surface area contributed by atoms with Gasteiger partial charge in [0.05, 0.1) is 39.6 Å². The number of aryl methyl sites for hydroxylation is 1. The summed E-state index contributed by atoms with van der Waals surface area (Å²) in [7, 11) is 4.44. The second kappa shape index (κ2) is 10.0.